The monoisotopic (exact) mass is 352 g/mol. The van der Waals surface area contributed by atoms with E-state index in [4.69, 9.17) is 18.9 Å². The van der Waals surface area contributed by atoms with E-state index in [1.54, 1.807) is 12.2 Å². The largest absolute Gasteiger partial charge is 0.485 e. The Balaban J connectivity index is 2.24. The van der Waals surface area contributed by atoms with E-state index in [1.165, 1.54) is 0 Å². The van der Waals surface area contributed by atoms with E-state index in [0.717, 1.165) is 0 Å². The number of thiol groups is 1. The molecule has 5 nitrogen and oxygen atoms in total. The number of hydrogen-bond acceptors (Lipinski definition) is 6. The molecule has 24 heavy (non-hydrogen) atoms. The van der Waals surface area contributed by atoms with Gasteiger partial charge in [0, 0.05) is 0 Å². The summed E-state index contributed by atoms with van der Waals surface area (Å²) in [7, 11) is 0. The highest BCUT2D eigenvalue weighted by Crippen LogP contribution is 2.30. The van der Waals surface area contributed by atoms with Crippen LogP contribution in [0.15, 0.2) is 55.6 Å². The third-order valence-corrected chi connectivity index (χ3v) is 4.03. The Bertz CT molecular complexity index is 509. The summed E-state index contributed by atoms with van der Waals surface area (Å²) in [5.41, 5.74) is -0.549. The zero-order chi connectivity index (χ0) is 17.4. The normalized spacial score (nSPS) is 29.8. The van der Waals surface area contributed by atoms with E-state index >= 15 is 0 Å². The molecule has 0 spiro atoms. The molecule has 0 bridgehead atoms. The Morgan fingerprint density at radius 3 is 2.25 bits per heavy atom. The molecule has 1 aliphatic heterocycles. The molecule has 1 fully saturated rings. The van der Waals surface area contributed by atoms with Crippen LogP contribution in [-0.4, -0.2) is 54.8 Å². The first-order valence-electron chi connectivity index (χ1n) is 7.82. The maximum absolute atomic E-state index is 9.69. The summed E-state index contributed by atoms with van der Waals surface area (Å²) in [6.07, 6.45) is 1.23. The van der Waals surface area contributed by atoms with E-state index in [1.807, 2.05) is 30.3 Å². The molecule has 1 aliphatic rings. The van der Waals surface area contributed by atoms with Crippen molar-refractivity contribution in [1.82, 2.24) is 0 Å². The van der Waals surface area contributed by atoms with E-state index in [0.29, 0.717) is 19.0 Å². The van der Waals surface area contributed by atoms with Crippen LogP contribution < -0.4 is 4.74 Å². The third-order valence-electron chi connectivity index (χ3n) is 3.62. The molecule has 1 N–H and O–H groups in total. The van der Waals surface area contributed by atoms with Gasteiger partial charge in [-0.1, -0.05) is 30.4 Å². The van der Waals surface area contributed by atoms with Gasteiger partial charge in [0.05, 0.1) is 19.8 Å². The minimum Gasteiger partial charge on any atom is -0.485 e. The molecular formula is C18H24O5S. The molecule has 1 saturated heterocycles. The highest BCUT2D eigenvalue weighted by molar-refractivity contribution is 7.80. The molecule has 1 heterocycles. The van der Waals surface area contributed by atoms with Gasteiger partial charge in [0.1, 0.15) is 29.5 Å². The summed E-state index contributed by atoms with van der Waals surface area (Å²) in [6, 6.07) is 9.33. The van der Waals surface area contributed by atoms with Gasteiger partial charge in [0.15, 0.2) is 6.10 Å². The fourth-order valence-electron chi connectivity index (χ4n) is 2.57. The average molecular weight is 352 g/mol. The Kier molecular flexibility index (Phi) is 7.81. The number of benzene rings is 1. The zero-order valence-corrected chi connectivity index (χ0v) is 14.4. The van der Waals surface area contributed by atoms with Gasteiger partial charge in [-0.3, -0.25) is 0 Å². The fraction of sp³-hybridized carbons (Fsp3) is 0.444. The van der Waals surface area contributed by atoms with E-state index in [-0.39, 0.29) is 6.61 Å². The first kappa shape index (κ1) is 19.0. The second-order valence-electron chi connectivity index (χ2n) is 5.32. The zero-order valence-electron chi connectivity index (χ0n) is 13.5. The number of aliphatic hydroxyl groups excluding tert-OH is 1. The van der Waals surface area contributed by atoms with E-state index in [2.05, 4.69) is 25.8 Å². The van der Waals surface area contributed by atoms with Gasteiger partial charge >= 0.3 is 0 Å². The van der Waals surface area contributed by atoms with Crippen LogP contribution in [0, 0.1) is 0 Å². The second kappa shape index (κ2) is 9.86. The molecule has 1 aromatic carbocycles. The van der Waals surface area contributed by atoms with Crippen LogP contribution in [0.1, 0.15) is 0 Å². The van der Waals surface area contributed by atoms with Crippen molar-refractivity contribution in [2.24, 2.45) is 0 Å². The second-order valence-corrected chi connectivity index (χ2v) is 5.83. The lowest BCUT2D eigenvalue weighted by molar-refractivity contribution is -0.220. The standard InChI is InChI=1S/C18H24O5S/c1-3-10-20-16-15(22-13-8-6-5-7-9-13)14(12-19)23-18(24)17(16)21-11-4-2/h3-9,14-19,24H,1-2,10-12H2/t14-,15+,16+,17-,18-/m1/s1. The van der Waals surface area contributed by atoms with Crippen molar-refractivity contribution in [2.45, 2.75) is 29.9 Å². The molecule has 6 heteroatoms. The smallest absolute Gasteiger partial charge is 0.156 e. The highest BCUT2D eigenvalue weighted by Gasteiger charge is 2.47. The minimum absolute atomic E-state index is 0.212. The molecule has 1 aromatic rings. The summed E-state index contributed by atoms with van der Waals surface area (Å²) in [4.78, 5) is 0. The Morgan fingerprint density at radius 2 is 1.67 bits per heavy atom. The maximum Gasteiger partial charge on any atom is 0.156 e. The third kappa shape index (κ3) is 4.84. The lowest BCUT2D eigenvalue weighted by Gasteiger charge is -2.44. The number of para-hydroxylation sites is 1. The first-order chi connectivity index (χ1) is 11.7. The van der Waals surface area contributed by atoms with Crippen LogP contribution >= 0.6 is 12.6 Å². The van der Waals surface area contributed by atoms with Gasteiger partial charge < -0.3 is 24.1 Å². The van der Waals surface area contributed by atoms with Gasteiger partial charge in [-0.15, -0.1) is 25.8 Å². The van der Waals surface area contributed by atoms with Gasteiger partial charge in [-0.2, -0.15) is 0 Å². The minimum atomic E-state index is -0.578. The molecule has 5 atom stereocenters. The molecule has 0 unspecified atom stereocenters. The Labute approximate surface area is 148 Å². The van der Waals surface area contributed by atoms with Crippen molar-refractivity contribution in [2.75, 3.05) is 19.8 Å². The van der Waals surface area contributed by atoms with Crippen LogP contribution in [0.2, 0.25) is 0 Å². The number of rotatable bonds is 9. The van der Waals surface area contributed by atoms with Crippen molar-refractivity contribution < 1.29 is 24.1 Å². The van der Waals surface area contributed by atoms with Gasteiger partial charge in [0.2, 0.25) is 0 Å². The molecule has 2 rings (SSSR count). The average Bonchev–Trinajstić information content (AvgIpc) is 2.61. The fourth-order valence-corrected chi connectivity index (χ4v) is 2.98. The number of hydrogen-bond donors (Lipinski definition) is 2. The predicted octanol–water partition coefficient (Wildman–Crippen LogP) is 2.22. The first-order valence-corrected chi connectivity index (χ1v) is 8.34. The highest BCUT2D eigenvalue weighted by atomic mass is 32.1. The number of aliphatic hydroxyl groups is 1. The van der Waals surface area contributed by atoms with Crippen LogP contribution in [0.5, 0.6) is 5.75 Å². The SMILES string of the molecule is C=CCO[C@@H]1[C@@H](OCC=C)[C@@H](S)O[C@H](CO)[C@@H]1Oc1ccccc1. The Hall–Kier alpha value is -1.31. The Morgan fingerprint density at radius 1 is 1.04 bits per heavy atom. The molecule has 0 saturated carbocycles. The van der Waals surface area contributed by atoms with Crippen LogP contribution in [0.25, 0.3) is 0 Å². The van der Waals surface area contributed by atoms with Gasteiger partial charge in [-0.25, -0.2) is 0 Å². The lowest BCUT2D eigenvalue weighted by atomic mass is 9.99. The molecular weight excluding hydrogens is 328 g/mol. The topological polar surface area (TPSA) is 57.2 Å². The maximum atomic E-state index is 9.69. The summed E-state index contributed by atoms with van der Waals surface area (Å²) < 4.78 is 23.5. The van der Waals surface area contributed by atoms with Crippen LogP contribution in [-0.2, 0) is 14.2 Å². The van der Waals surface area contributed by atoms with Crippen molar-refractivity contribution in [3.8, 4) is 5.75 Å². The van der Waals surface area contributed by atoms with Crippen molar-refractivity contribution in [1.29, 1.82) is 0 Å². The number of ether oxygens (including phenoxy) is 4. The van der Waals surface area contributed by atoms with Crippen molar-refractivity contribution in [3.05, 3.63) is 55.6 Å². The van der Waals surface area contributed by atoms with Gasteiger partial charge in [-0.05, 0) is 12.1 Å². The van der Waals surface area contributed by atoms with E-state index < -0.39 is 29.9 Å². The van der Waals surface area contributed by atoms with Crippen molar-refractivity contribution in [3.63, 3.8) is 0 Å². The summed E-state index contributed by atoms with van der Waals surface area (Å²) in [5, 5.41) is 9.69. The summed E-state index contributed by atoms with van der Waals surface area (Å²) in [6.45, 7) is 7.78. The van der Waals surface area contributed by atoms with E-state index in [9.17, 15) is 5.11 Å². The predicted molar refractivity (Wildman–Crippen MR) is 95.5 cm³/mol. The van der Waals surface area contributed by atoms with Crippen LogP contribution in [0.4, 0.5) is 0 Å². The quantitative estimate of drug-likeness (QED) is 0.527. The molecule has 132 valence electrons. The molecule has 0 amide bonds. The van der Waals surface area contributed by atoms with Crippen molar-refractivity contribution >= 4 is 12.6 Å². The van der Waals surface area contributed by atoms with Crippen LogP contribution in [0.3, 0.4) is 0 Å². The molecule has 0 aliphatic carbocycles. The molecule has 0 aromatic heterocycles. The lowest BCUT2D eigenvalue weighted by Crippen LogP contribution is -2.61. The summed E-state index contributed by atoms with van der Waals surface area (Å²) >= 11 is 4.44. The molecule has 0 radical (unpaired) electrons. The summed E-state index contributed by atoms with van der Waals surface area (Å²) in [5.74, 6) is 0.664. The van der Waals surface area contributed by atoms with Gasteiger partial charge in [0.25, 0.3) is 0 Å².